The molecule has 2 aromatic carbocycles. The summed E-state index contributed by atoms with van der Waals surface area (Å²) in [4.78, 5) is 21.5. The van der Waals surface area contributed by atoms with Gasteiger partial charge in [0.2, 0.25) is 5.88 Å². The number of cyclic esters (lactones) is 1. The number of aryl methyl sites for hydroxylation is 1. The van der Waals surface area contributed by atoms with Crippen LogP contribution in [0.25, 0.3) is 0 Å². The van der Waals surface area contributed by atoms with Gasteiger partial charge in [0.1, 0.15) is 12.4 Å². The molecule has 0 bridgehead atoms. The van der Waals surface area contributed by atoms with Gasteiger partial charge in [-0.15, -0.1) is 0 Å². The zero-order valence-electron chi connectivity index (χ0n) is 21.1. The second-order valence-corrected chi connectivity index (χ2v) is 10.9. The third-order valence-corrected chi connectivity index (χ3v) is 7.47. The molecule has 0 aliphatic carbocycles. The minimum atomic E-state index is -3.83. The second-order valence-electron chi connectivity index (χ2n) is 9.59. The van der Waals surface area contributed by atoms with Crippen molar-refractivity contribution in [3.8, 4) is 11.6 Å². The van der Waals surface area contributed by atoms with E-state index in [0.717, 1.165) is 49.3 Å². The van der Waals surface area contributed by atoms with E-state index >= 15 is 0 Å². The van der Waals surface area contributed by atoms with E-state index in [0.29, 0.717) is 23.9 Å². The number of nitrogens with two attached hydrogens (primary N) is 1. The number of nitrogens with zero attached hydrogens (tertiary/aromatic N) is 3. The van der Waals surface area contributed by atoms with Crippen LogP contribution in [-0.4, -0.2) is 55.0 Å². The van der Waals surface area contributed by atoms with Crippen LogP contribution in [0.1, 0.15) is 35.7 Å². The fourth-order valence-electron chi connectivity index (χ4n) is 5.03. The molecule has 2 aliphatic rings. The van der Waals surface area contributed by atoms with E-state index in [9.17, 15) is 13.2 Å². The molecule has 2 fully saturated rings. The number of ether oxygens (including phenoxy) is 2. The maximum absolute atomic E-state index is 12.5. The fraction of sp³-hybridized carbons (Fsp3) is 0.333. The van der Waals surface area contributed by atoms with Crippen molar-refractivity contribution < 1.29 is 22.7 Å². The van der Waals surface area contributed by atoms with Gasteiger partial charge in [-0.25, -0.2) is 14.9 Å². The maximum Gasteiger partial charge on any atom is 0.410 e. The first-order valence-electron chi connectivity index (χ1n) is 12.5. The number of carbonyl (C=O) groups excluding carboxylic acids is 1. The lowest BCUT2D eigenvalue weighted by molar-refractivity contribution is 0.104. The number of hydrogen-bond donors (Lipinski definition) is 2. The molecule has 1 aromatic heterocycles. The van der Waals surface area contributed by atoms with Crippen molar-refractivity contribution in [2.45, 2.75) is 38.4 Å². The lowest BCUT2D eigenvalue weighted by atomic mass is 9.98. The summed E-state index contributed by atoms with van der Waals surface area (Å²) in [5, 5.41) is 4.99. The zero-order valence-corrected chi connectivity index (χ0v) is 21.9. The van der Waals surface area contributed by atoms with Gasteiger partial charge < -0.3 is 9.47 Å². The smallest absolute Gasteiger partial charge is 0.410 e. The number of pyridine rings is 1. The van der Waals surface area contributed by atoms with Crippen LogP contribution in [0.2, 0.25) is 0 Å². The van der Waals surface area contributed by atoms with Crippen molar-refractivity contribution in [2.24, 2.45) is 5.14 Å². The standard InChI is InChI=1S/C27H31N5O5S/c1-19-21(7-12-26(29-19)37-24-10-8-22(9-11-24)30-38(28,34)35)17-31-15-13-23(14-16-31)32-25(18-36-27(32)33)20-5-3-2-4-6-20/h2-12,23,25,30H,13-18H2,1H3,(H2,28,34,35)/t25-/m0/s1. The number of rotatable bonds is 8. The highest BCUT2D eigenvalue weighted by atomic mass is 32.2. The van der Waals surface area contributed by atoms with E-state index < -0.39 is 10.2 Å². The molecule has 3 heterocycles. The first-order chi connectivity index (χ1) is 18.2. The van der Waals surface area contributed by atoms with Gasteiger partial charge in [0.25, 0.3) is 10.2 Å². The molecule has 200 valence electrons. The average Bonchev–Trinajstić information content (AvgIpc) is 3.28. The summed E-state index contributed by atoms with van der Waals surface area (Å²) in [6.45, 7) is 4.89. The topological polar surface area (TPSA) is 127 Å². The molecular formula is C27H31N5O5S. The van der Waals surface area contributed by atoms with Crippen molar-refractivity contribution in [2.75, 3.05) is 24.4 Å². The van der Waals surface area contributed by atoms with E-state index in [-0.39, 0.29) is 18.2 Å². The van der Waals surface area contributed by atoms with Gasteiger partial charge in [0.05, 0.1) is 6.04 Å². The molecule has 3 aromatic rings. The molecule has 3 N–H and O–H groups in total. The van der Waals surface area contributed by atoms with Crippen molar-refractivity contribution in [3.63, 3.8) is 0 Å². The fourth-order valence-corrected chi connectivity index (χ4v) is 5.50. The summed E-state index contributed by atoms with van der Waals surface area (Å²) in [5.41, 5.74) is 3.46. The molecule has 2 aliphatic heterocycles. The number of benzene rings is 2. The van der Waals surface area contributed by atoms with Crippen molar-refractivity contribution in [1.82, 2.24) is 14.8 Å². The van der Waals surface area contributed by atoms with E-state index in [4.69, 9.17) is 14.6 Å². The van der Waals surface area contributed by atoms with Crippen LogP contribution in [0, 0.1) is 6.92 Å². The first-order valence-corrected chi connectivity index (χ1v) is 14.1. The minimum Gasteiger partial charge on any atom is -0.447 e. The van der Waals surface area contributed by atoms with Crippen LogP contribution in [0.5, 0.6) is 11.6 Å². The highest BCUT2D eigenvalue weighted by Crippen LogP contribution is 2.33. The second kappa shape index (κ2) is 11.0. The third-order valence-electron chi connectivity index (χ3n) is 6.95. The first kappa shape index (κ1) is 26.0. The Kier molecular flexibility index (Phi) is 7.50. The van der Waals surface area contributed by atoms with E-state index in [1.165, 1.54) is 0 Å². The highest BCUT2D eigenvalue weighted by molar-refractivity contribution is 7.90. The van der Waals surface area contributed by atoms with Gasteiger partial charge >= 0.3 is 6.09 Å². The SMILES string of the molecule is Cc1nc(Oc2ccc(NS(N)(=O)=O)cc2)ccc1CN1CCC(N2C(=O)OC[C@H]2c2ccccc2)CC1. The number of hydrogen-bond acceptors (Lipinski definition) is 7. The maximum atomic E-state index is 12.5. The van der Waals surface area contributed by atoms with Crippen LogP contribution in [0.3, 0.4) is 0 Å². The molecule has 1 amide bonds. The van der Waals surface area contributed by atoms with E-state index in [1.807, 2.05) is 42.2 Å². The number of carbonyl (C=O) groups is 1. The van der Waals surface area contributed by atoms with E-state index in [1.54, 1.807) is 24.3 Å². The van der Waals surface area contributed by atoms with Crippen LogP contribution in [0.4, 0.5) is 10.5 Å². The Morgan fingerprint density at radius 2 is 1.76 bits per heavy atom. The van der Waals surface area contributed by atoms with Crippen LogP contribution >= 0.6 is 0 Å². The Morgan fingerprint density at radius 3 is 2.42 bits per heavy atom. The van der Waals surface area contributed by atoms with Crippen molar-refractivity contribution in [3.05, 3.63) is 83.6 Å². The van der Waals surface area contributed by atoms with E-state index in [2.05, 4.69) is 26.7 Å². The van der Waals surface area contributed by atoms with Crippen LogP contribution < -0.4 is 14.6 Å². The third kappa shape index (κ3) is 6.24. The molecule has 0 saturated carbocycles. The van der Waals surface area contributed by atoms with Gasteiger partial charge in [-0.2, -0.15) is 8.42 Å². The molecule has 5 rings (SSSR count). The summed E-state index contributed by atoms with van der Waals surface area (Å²) in [6, 6.07) is 20.5. The van der Waals surface area contributed by atoms with Gasteiger partial charge in [-0.3, -0.25) is 14.5 Å². The Morgan fingerprint density at radius 1 is 1.05 bits per heavy atom. The molecule has 38 heavy (non-hydrogen) atoms. The monoisotopic (exact) mass is 537 g/mol. The zero-order chi connectivity index (χ0) is 26.7. The molecule has 2 saturated heterocycles. The molecule has 0 spiro atoms. The largest absolute Gasteiger partial charge is 0.447 e. The molecule has 1 atom stereocenters. The minimum absolute atomic E-state index is 0.0274. The Labute approximate surface area is 222 Å². The summed E-state index contributed by atoms with van der Waals surface area (Å²) in [5.74, 6) is 0.984. The van der Waals surface area contributed by atoms with Crippen LogP contribution in [-0.2, 0) is 21.5 Å². The average molecular weight is 538 g/mol. The quantitative estimate of drug-likeness (QED) is 0.445. The lowest BCUT2D eigenvalue weighted by Gasteiger charge is -2.38. The molecular weight excluding hydrogens is 506 g/mol. The summed E-state index contributed by atoms with van der Waals surface area (Å²) in [6.07, 6.45) is 1.56. The van der Waals surface area contributed by atoms with Gasteiger partial charge in [-0.1, -0.05) is 36.4 Å². The molecule has 10 nitrogen and oxygen atoms in total. The normalized spacial score (nSPS) is 18.8. The number of aromatic nitrogens is 1. The Balaban J connectivity index is 1.16. The lowest BCUT2D eigenvalue weighted by Crippen LogP contribution is -2.46. The Bertz CT molecular complexity index is 1380. The molecule has 11 heteroatoms. The Hall–Kier alpha value is -3.67. The van der Waals surface area contributed by atoms with Gasteiger partial charge in [-0.05, 0) is 55.2 Å². The number of piperidine rings is 1. The number of nitrogens with one attached hydrogen (secondary N) is 1. The number of likely N-dealkylation sites (tertiary alicyclic amines) is 1. The van der Waals surface area contributed by atoms with Crippen molar-refractivity contribution in [1.29, 1.82) is 0 Å². The highest BCUT2D eigenvalue weighted by Gasteiger charge is 2.40. The predicted octanol–water partition coefficient (Wildman–Crippen LogP) is 3.96. The predicted molar refractivity (Wildman–Crippen MR) is 143 cm³/mol. The molecule has 0 unspecified atom stereocenters. The number of amides is 1. The summed E-state index contributed by atoms with van der Waals surface area (Å²) < 4.78 is 35.8. The summed E-state index contributed by atoms with van der Waals surface area (Å²) >= 11 is 0. The summed E-state index contributed by atoms with van der Waals surface area (Å²) in [7, 11) is -3.83. The number of anilines is 1. The van der Waals surface area contributed by atoms with Crippen molar-refractivity contribution >= 4 is 22.0 Å². The van der Waals surface area contributed by atoms with Gasteiger partial charge in [0, 0.05) is 43.1 Å². The van der Waals surface area contributed by atoms with Crippen LogP contribution in [0.15, 0.2) is 66.7 Å². The molecule has 0 radical (unpaired) electrons. The van der Waals surface area contributed by atoms with Gasteiger partial charge in [0.15, 0.2) is 0 Å².